The van der Waals surface area contributed by atoms with Crippen molar-refractivity contribution in [2.45, 2.75) is 12.5 Å². The highest BCUT2D eigenvalue weighted by molar-refractivity contribution is 9.10. The molecule has 0 aliphatic carbocycles. The Balaban J connectivity index is 2.22. The summed E-state index contributed by atoms with van der Waals surface area (Å²) in [5, 5.41) is 8.87. The van der Waals surface area contributed by atoms with Gasteiger partial charge in [0.15, 0.2) is 0 Å². The van der Waals surface area contributed by atoms with E-state index >= 15 is 0 Å². The van der Waals surface area contributed by atoms with E-state index in [0.29, 0.717) is 23.2 Å². The van der Waals surface area contributed by atoms with E-state index in [1.807, 2.05) is 0 Å². The van der Waals surface area contributed by atoms with Gasteiger partial charge < -0.3 is 14.7 Å². The molecule has 0 spiro atoms. The summed E-state index contributed by atoms with van der Waals surface area (Å²) >= 11 is 3.15. The molecule has 1 heterocycles. The molecule has 0 bridgehead atoms. The van der Waals surface area contributed by atoms with Crippen molar-refractivity contribution < 1.29 is 23.8 Å². The molecule has 1 aromatic carbocycles. The maximum absolute atomic E-state index is 13.0. The predicted molar refractivity (Wildman–Crippen MR) is 72.0 cm³/mol. The van der Waals surface area contributed by atoms with Crippen LogP contribution in [0.15, 0.2) is 22.7 Å². The summed E-state index contributed by atoms with van der Waals surface area (Å²) in [5.74, 6) is -1.76. The van der Waals surface area contributed by atoms with Crippen LogP contribution in [0.2, 0.25) is 0 Å². The number of carboxylic acids is 1. The van der Waals surface area contributed by atoms with Crippen LogP contribution < -0.4 is 0 Å². The maximum atomic E-state index is 13.0. The first-order chi connectivity index (χ1) is 9.49. The summed E-state index contributed by atoms with van der Waals surface area (Å²) in [6.07, 6.45) is -0.176. The minimum Gasteiger partial charge on any atom is -0.481 e. The van der Waals surface area contributed by atoms with Gasteiger partial charge >= 0.3 is 5.97 Å². The molecular weight excluding hydrogens is 333 g/mol. The molecule has 1 aromatic rings. The highest BCUT2D eigenvalue weighted by Gasteiger charge is 2.30. The monoisotopic (exact) mass is 345 g/mol. The second-order valence-electron chi connectivity index (χ2n) is 4.45. The third kappa shape index (κ3) is 3.34. The van der Waals surface area contributed by atoms with Gasteiger partial charge in [-0.3, -0.25) is 9.59 Å². The van der Waals surface area contributed by atoms with Crippen LogP contribution in [-0.4, -0.2) is 47.7 Å². The van der Waals surface area contributed by atoms with E-state index in [-0.39, 0.29) is 18.9 Å². The smallest absolute Gasteiger partial charge is 0.305 e. The number of hydrogen-bond acceptors (Lipinski definition) is 3. The number of rotatable bonds is 3. The summed E-state index contributed by atoms with van der Waals surface area (Å²) in [4.78, 5) is 24.7. The Morgan fingerprint density at radius 1 is 1.50 bits per heavy atom. The predicted octanol–water partition coefficient (Wildman–Crippen LogP) is 1.90. The number of morpholine rings is 1. The number of hydrogen-bond donors (Lipinski definition) is 1. The second-order valence-corrected chi connectivity index (χ2v) is 5.30. The van der Waals surface area contributed by atoms with Crippen molar-refractivity contribution in [1.29, 1.82) is 0 Å². The van der Waals surface area contributed by atoms with Crippen molar-refractivity contribution in [3.63, 3.8) is 0 Å². The molecule has 1 saturated heterocycles. The molecular formula is C13H13BrFNO4. The number of halogens is 2. The lowest BCUT2D eigenvalue weighted by atomic mass is 10.1. The van der Waals surface area contributed by atoms with Gasteiger partial charge in [0.25, 0.3) is 5.91 Å². The van der Waals surface area contributed by atoms with Crippen LogP contribution in [0.25, 0.3) is 0 Å². The quantitative estimate of drug-likeness (QED) is 0.908. The lowest BCUT2D eigenvalue weighted by molar-refractivity contribution is -0.139. The summed E-state index contributed by atoms with van der Waals surface area (Å²) in [5.41, 5.74) is 0.309. The molecule has 108 valence electrons. The van der Waals surface area contributed by atoms with E-state index < -0.39 is 17.8 Å². The fraction of sp³-hybridized carbons (Fsp3) is 0.385. The molecule has 0 radical (unpaired) electrons. The first-order valence-electron chi connectivity index (χ1n) is 6.04. The van der Waals surface area contributed by atoms with E-state index in [0.717, 1.165) is 0 Å². The number of nitrogens with zero attached hydrogens (tertiary/aromatic N) is 1. The largest absolute Gasteiger partial charge is 0.481 e. The number of carboxylic acid groups (broad SMARTS) is 1. The minimum atomic E-state index is -0.989. The van der Waals surface area contributed by atoms with Crippen LogP contribution in [0, 0.1) is 5.82 Å². The van der Waals surface area contributed by atoms with Gasteiger partial charge in [0, 0.05) is 11.0 Å². The normalized spacial score (nSPS) is 18.9. The molecule has 0 saturated carbocycles. The number of amides is 1. The number of benzene rings is 1. The zero-order valence-electron chi connectivity index (χ0n) is 10.5. The van der Waals surface area contributed by atoms with Crippen molar-refractivity contribution in [1.82, 2.24) is 4.90 Å². The summed E-state index contributed by atoms with van der Waals surface area (Å²) < 4.78 is 18.6. The fourth-order valence-electron chi connectivity index (χ4n) is 2.11. The SMILES string of the molecule is O=C(O)CC1COCCN1C(=O)c1ccc(F)cc1Br. The molecule has 0 aromatic heterocycles. The number of carbonyl (C=O) groups is 2. The Kier molecular flexibility index (Phi) is 4.72. The average Bonchev–Trinajstić information content (AvgIpc) is 2.38. The van der Waals surface area contributed by atoms with E-state index in [1.165, 1.54) is 23.1 Å². The second kappa shape index (κ2) is 6.32. The Bertz CT molecular complexity index is 537. The molecule has 1 N–H and O–H groups in total. The number of ether oxygens (including phenoxy) is 1. The highest BCUT2D eigenvalue weighted by atomic mass is 79.9. The lowest BCUT2D eigenvalue weighted by Gasteiger charge is -2.35. The van der Waals surface area contributed by atoms with Crippen molar-refractivity contribution in [2.75, 3.05) is 19.8 Å². The molecule has 20 heavy (non-hydrogen) atoms. The van der Waals surface area contributed by atoms with Crippen molar-refractivity contribution in [3.8, 4) is 0 Å². The van der Waals surface area contributed by atoms with Crippen LogP contribution >= 0.6 is 15.9 Å². The topological polar surface area (TPSA) is 66.8 Å². The molecule has 1 aliphatic rings. The zero-order chi connectivity index (χ0) is 14.7. The molecule has 1 atom stereocenters. The van der Waals surface area contributed by atoms with Gasteiger partial charge in [0.2, 0.25) is 0 Å². The molecule has 1 fully saturated rings. The third-order valence-electron chi connectivity index (χ3n) is 3.06. The molecule has 1 amide bonds. The molecule has 1 unspecified atom stereocenters. The van der Waals surface area contributed by atoms with Gasteiger partial charge in [-0.1, -0.05) is 0 Å². The van der Waals surface area contributed by atoms with E-state index in [2.05, 4.69) is 15.9 Å². The van der Waals surface area contributed by atoms with Crippen LogP contribution in [0.3, 0.4) is 0 Å². The van der Waals surface area contributed by atoms with Gasteiger partial charge in [-0.25, -0.2) is 4.39 Å². The Labute approximate surface area is 123 Å². The first-order valence-corrected chi connectivity index (χ1v) is 6.84. The van der Waals surface area contributed by atoms with Gasteiger partial charge in [-0.05, 0) is 34.1 Å². The lowest BCUT2D eigenvalue weighted by Crippen LogP contribution is -2.49. The van der Waals surface area contributed by atoms with Crippen LogP contribution in [0.5, 0.6) is 0 Å². The number of aliphatic carboxylic acids is 1. The Morgan fingerprint density at radius 3 is 2.90 bits per heavy atom. The molecule has 2 rings (SSSR count). The average molecular weight is 346 g/mol. The molecule has 1 aliphatic heterocycles. The van der Waals surface area contributed by atoms with E-state index in [9.17, 15) is 14.0 Å². The minimum absolute atomic E-state index is 0.176. The van der Waals surface area contributed by atoms with E-state index in [4.69, 9.17) is 9.84 Å². The Hall–Kier alpha value is -1.47. The zero-order valence-corrected chi connectivity index (χ0v) is 12.1. The van der Waals surface area contributed by atoms with Crippen LogP contribution in [0.4, 0.5) is 4.39 Å². The third-order valence-corrected chi connectivity index (χ3v) is 3.72. The van der Waals surface area contributed by atoms with Crippen molar-refractivity contribution >= 4 is 27.8 Å². The summed E-state index contributed by atoms with van der Waals surface area (Å²) in [6.45, 7) is 0.873. The van der Waals surface area contributed by atoms with Crippen LogP contribution in [-0.2, 0) is 9.53 Å². The fourth-order valence-corrected chi connectivity index (χ4v) is 2.63. The maximum Gasteiger partial charge on any atom is 0.305 e. The van der Waals surface area contributed by atoms with E-state index in [1.54, 1.807) is 0 Å². The molecule has 7 heteroatoms. The van der Waals surface area contributed by atoms with Gasteiger partial charge in [-0.2, -0.15) is 0 Å². The van der Waals surface area contributed by atoms with Gasteiger partial charge in [0.1, 0.15) is 5.82 Å². The summed E-state index contributed by atoms with van der Waals surface area (Å²) in [7, 11) is 0. The van der Waals surface area contributed by atoms with Gasteiger partial charge in [0.05, 0.1) is 31.2 Å². The number of carbonyl (C=O) groups excluding carboxylic acids is 1. The van der Waals surface area contributed by atoms with Crippen LogP contribution in [0.1, 0.15) is 16.8 Å². The standard InChI is InChI=1S/C13H13BrFNO4/c14-11-5-8(15)1-2-10(11)13(19)16-3-4-20-7-9(16)6-12(17)18/h1-2,5,9H,3-4,6-7H2,(H,17,18). The first kappa shape index (κ1) is 14.9. The van der Waals surface area contributed by atoms with Crippen molar-refractivity contribution in [2.24, 2.45) is 0 Å². The van der Waals surface area contributed by atoms with Crippen molar-refractivity contribution in [3.05, 3.63) is 34.1 Å². The van der Waals surface area contributed by atoms with Gasteiger partial charge in [-0.15, -0.1) is 0 Å². The summed E-state index contributed by atoms with van der Waals surface area (Å²) in [6, 6.07) is 3.28. The molecule has 5 nitrogen and oxygen atoms in total. The highest BCUT2D eigenvalue weighted by Crippen LogP contribution is 2.22. The Morgan fingerprint density at radius 2 is 2.25 bits per heavy atom.